The van der Waals surface area contributed by atoms with Crippen molar-refractivity contribution in [3.8, 4) is 6.07 Å². The number of nitrogens with zero attached hydrogens (tertiary/aromatic N) is 3. The third-order valence-corrected chi connectivity index (χ3v) is 5.63. The van der Waals surface area contributed by atoms with E-state index in [0.29, 0.717) is 22.5 Å². The minimum absolute atomic E-state index is 0.112. The lowest BCUT2D eigenvalue weighted by Crippen LogP contribution is -2.23. The molecule has 1 amide bonds. The van der Waals surface area contributed by atoms with Crippen LogP contribution < -0.4 is 5.32 Å². The first-order valence-corrected chi connectivity index (χ1v) is 10.4. The van der Waals surface area contributed by atoms with Crippen LogP contribution in [-0.2, 0) is 11.2 Å². The van der Waals surface area contributed by atoms with Crippen LogP contribution in [0.25, 0.3) is 5.52 Å². The van der Waals surface area contributed by atoms with Crippen molar-refractivity contribution in [1.82, 2.24) is 9.38 Å². The second-order valence-electron chi connectivity index (χ2n) is 6.90. The van der Waals surface area contributed by atoms with E-state index >= 15 is 0 Å². The fourth-order valence-electron chi connectivity index (χ4n) is 3.29. The zero-order chi connectivity index (χ0) is 22.8. The molecule has 0 saturated carbocycles. The van der Waals surface area contributed by atoms with Gasteiger partial charge in [0.15, 0.2) is 0 Å². The van der Waals surface area contributed by atoms with Crippen LogP contribution in [0.15, 0.2) is 61.1 Å². The average molecular weight is 484 g/mol. The maximum absolute atomic E-state index is 13.0. The van der Waals surface area contributed by atoms with Gasteiger partial charge in [-0.15, -0.1) is 0 Å². The predicted molar refractivity (Wildman–Crippen MR) is 124 cm³/mol. The Labute approximate surface area is 198 Å². The fourth-order valence-corrected chi connectivity index (χ4v) is 3.91. The van der Waals surface area contributed by atoms with E-state index in [1.54, 1.807) is 40.9 Å². The molecule has 0 fully saturated rings. The summed E-state index contributed by atoms with van der Waals surface area (Å²) in [6.07, 6.45) is 4.85. The highest BCUT2D eigenvalue weighted by Crippen LogP contribution is 2.29. The lowest BCUT2D eigenvalue weighted by molar-refractivity contribution is -0.112. The summed E-state index contributed by atoms with van der Waals surface area (Å²) in [6.45, 7) is 0. The summed E-state index contributed by atoms with van der Waals surface area (Å²) in [7, 11) is 0. The summed E-state index contributed by atoms with van der Waals surface area (Å²) in [5.41, 5.74) is 3.07. The molecule has 6 nitrogen and oxygen atoms in total. The van der Waals surface area contributed by atoms with Gasteiger partial charge in [-0.05, 0) is 35.9 Å². The van der Waals surface area contributed by atoms with Gasteiger partial charge in [-0.1, -0.05) is 46.9 Å². The molecule has 0 aliphatic carbocycles. The largest absolute Gasteiger partial charge is 0.320 e. The minimum Gasteiger partial charge on any atom is -0.320 e. The summed E-state index contributed by atoms with van der Waals surface area (Å²) in [6, 6.07) is 14.2. The third-order valence-electron chi connectivity index (χ3n) is 4.82. The van der Waals surface area contributed by atoms with Crippen LogP contribution in [-0.4, -0.2) is 21.1 Å². The van der Waals surface area contributed by atoms with Gasteiger partial charge >= 0.3 is 0 Å². The molecule has 0 bridgehead atoms. The Morgan fingerprint density at radius 2 is 1.72 bits per heavy atom. The number of benzene rings is 1. The van der Waals surface area contributed by atoms with Crippen LogP contribution in [0, 0.1) is 11.3 Å². The maximum Gasteiger partial charge on any atom is 0.296 e. The molecule has 9 heteroatoms. The lowest BCUT2D eigenvalue weighted by Gasteiger charge is -2.07. The van der Waals surface area contributed by atoms with E-state index in [1.165, 1.54) is 12.4 Å². The number of rotatable bonds is 5. The van der Waals surface area contributed by atoms with Crippen molar-refractivity contribution >= 4 is 57.7 Å². The Morgan fingerprint density at radius 1 is 1.03 bits per heavy atom. The van der Waals surface area contributed by atoms with Crippen molar-refractivity contribution in [2.45, 2.75) is 6.42 Å². The number of fused-ring (bicyclic) bond motifs is 1. The number of carbonyl (C=O) groups excluding carboxylic acids is 2. The van der Waals surface area contributed by atoms with Crippen molar-refractivity contribution < 1.29 is 9.59 Å². The van der Waals surface area contributed by atoms with Gasteiger partial charge in [0.25, 0.3) is 11.7 Å². The molecule has 4 aromatic rings. The molecule has 0 saturated heterocycles. The van der Waals surface area contributed by atoms with Crippen molar-refractivity contribution in [3.63, 3.8) is 0 Å². The molecule has 3 heterocycles. The van der Waals surface area contributed by atoms with Crippen molar-refractivity contribution in [3.05, 3.63) is 98.5 Å². The number of nitriles is 1. The van der Waals surface area contributed by atoms with Crippen LogP contribution >= 0.6 is 34.8 Å². The zero-order valence-electron chi connectivity index (χ0n) is 16.3. The highest BCUT2D eigenvalue weighted by molar-refractivity contribution is 6.49. The SMILES string of the molecule is N#Cc1ccc(Cc2cc(C(=O)C(=O)Nc3c(Cl)cncc3Cl)c3cc(Cl)ccn23)cc1. The molecule has 4 rings (SSSR count). The first-order chi connectivity index (χ1) is 15.4. The normalized spacial score (nSPS) is 10.7. The zero-order valence-corrected chi connectivity index (χ0v) is 18.5. The Balaban J connectivity index is 1.70. The Morgan fingerprint density at radius 3 is 2.38 bits per heavy atom. The molecular weight excluding hydrogens is 471 g/mol. The van der Waals surface area contributed by atoms with Gasteiger partial charge in [-0.3, -0.25) is 14.6 Å². The summed E-state index contributed by atoms with van der Waals surface area (Å²) in [5, 5.41) is 12.1. The van der Waals surface area contributed by atoms with Crippen LogP contribution in [0.2, 0.25) is 15.1 Å². The second kappa shape index (κ2) is 9.01. The summed E-state index contributed by atoms with van der Waals surface area (Å²) >= 11 is 18.2. The molecule has 1 aromatic carbocycles. The summed E-state index contributed by atoms with van der Waals surface area (Å²) in [4.78, 5) is 29.6. The van der Waals surface area contributed by atoms with Crippen molar-refractivity contribution in [2.75, 3.05) is 5.32 Å². The summed E-state index contributed by atoms with van der Waals surface area (Å²) in [5.74, 6) is -1.66. The molecule has 1 N–H and O–H groups in total. The Kier molecular flexibility index (Phi) is 6.15. The van der Waals surface area contributed by atoms with Gasteiger partial charge in [0, 0.05) is 35.7 Å². The lowest BCUT2D eigenvalue weighted by atomic mass is 10.1. The van der Waals surface area contributed by atoms with E-state index in [2.05, 4.69) is 16.4 Å². The highest BCUT2D eigenvalue weighted by atomic mass is 35.5. The molecule has 0 aliphatic rings. The Bertz CT molecular complexity index is 1390. The van der Waals surface area contributed by atoms with Gasteiger partial charge in [0.1, 0.15) is 0 Å². The monoisotopic (exact) mass is 482 g/mol. The standard InChI is InChI=1S/C23H13Cl3N4O2/c24-15-5-6-30-16(7-13-1-3-14(10-27)4-2-13)9-17(20(30)8-15)22(31)23(32)29-21-18(25)11-28-12-19(21)26/h1-6,8-9,11-12H,7H2,(H,28,29,32). The van der Waals surface area contributed by atoms with Crippen molar-refractivity contribution in [2.24, 2.45) is 0 Å². The van der Waals surface area contributed by atoms with E-state index < -0.39 is 11.7 Å². The molecule has 158 valence electrons. The average Bonchev–Trinajstić information content (AvgIpc) is 3.13. The molecule has 3 aromatic heterocycles. The van der Waals surface area contributed by atoms with Gasteiger partial charge in [-0.2, -0.15) is 5.26 Å². The fraction of sp³-hybridized carbons (Fsp3) is 0.0435. The predicted octanol–water partition coefficient (Wildman–Crippen LogP) is 5.58. The minimum atomic E-state index is -0.891. The van der Waals surface area contributed by atoms with E-state index in [-0.39, 0.29) is 21.3 Å². The maximum atomic E-state index is 13.0. The second-order valence-corrected chi connectivity index (χ2v) is 8.15. The smallest absolute Gasteiger partial charge is 0.296 e. The third kappa shape index (κ3) is 4.32. The number of ketones is 1. The van der Waals surface area contributed by atoms with Gasteiger partial charge in [-0.25, -0.2) is 0 Å². The van der Waals surface area contributed by atoms with Crippen molar-refractivity contribution in [1.29, 1.82) is 5.26 Å². The number of aromatic nitrogens is 2. The van der Waals surface area contributed by atoms with Gasteiger partial charge in [0.2, 0.25) is 0 Å². The number of nitrogens with one attached hydrogen (secondary N) is 1. The molecule has 0 atom stereocenters. The number of amides is 1. The van der Waals surface area contributed by atoms with E-state index in [4.69, 9.17) is 40.1 Å². The van der Waals surface area contributed by atoms with E-state index in [9.17, 15) is 9.59 Å². The molecule has 0 unspecified atom stereocenters. The number of Topliss-reactive ketones (excluding diaryl/α,β-unsaturated/α-hetero) is 1. The number of anilines is 1. The van der Waals surface area contributed by atoms with Crippen LogP contribution in [0.1, 0.15) is 27.2 Å². The molecule has 0 aliphatic heterocycles. The Hall–Kier alpha value is -3.37. The van der Waals surface area contributed by atoms with Crippen LogP contribution in [0.5, 0.6) is 0 Å². The topological polar surface area (TPSA) is 87.3 Å². The number of hydrogen-bond donors (Lipinski definition) is 1. The first kappa shape index (κ1) is 21.8. The van der Waals surface area contributed by atoms with Crippen LogP contribution in [0.4, 0.5) is 5.69 Å². The number of hydrogen-bond acceptors (Lipinski definition) is 4. The first-order valence-electron chi connectivity index (χ1n) is 9.30. The van der Waals surface area contributed by atoms with E-state index in [0.717, 1.165) is 11.3 Å². The number of carbonyl (C=O) groups is 2. The number of halogens is 3. The van der Waals surface area contributed by atoms with Gasteiger partial charge < -0.3 is 9.72 Å². The quantitative estimate of drug-likeness (QED) is 0.296. The van der Waals surface area contributed by atoms with Crippen LogP contribution in [0.3, 0.4) is 0 Å². The highest BCUT2D eigenvalue weighted by Gasteiger charge is 2.24. The summed E-state index contributed by atoms with van der Waals surface area (Å²) < 4.78 is 1.80. The molecular formula is C23H13Cl3N4O2. The molecule has 0 spiro atoms. The number of pyridine rings is 2. The molecule has 32 heavy (non-hydrogen) atoms. The molecule has 0 radical (unpaired) electrons. The van der Waals surface area contributed by atoms with Gasteiger partial charge in [0.05, 0.1) is 38.4 Å². The van der Waals surface area contributed by atoms with E-state index in [1.807, 2.05) is 12.1 Å².